The van der Waals surface area contributed by atoms with Crippen molar-refractivity contribution in [2.45, 2.75) is 195 Å². The number of carbonyl (C=O) groups excluding carboxylic acids is 3. The lowest BCUT2D eigenvalue weighted by molar-refractivity contribution is -0.337. The van der Waals surface area contributed by atoms with Gasteiger partial charge in [-0.05, 0) is 56.6 Å². The highest BCUT2D eigenvalue weighted by atomic mass is 19.2. The van der Waals surface area contributed by atoms with E-state index in [0.29, 0.717) is 31.6 Å². The number of benzene rings is 1. The largest absolute Gasteiger partial charge is 0.394 e. The molecule has 8 rings (SSSR count). The Balaban J connectivity index is 1.09. The lowest BCUT2D eigenvalue weighted by Crippen LogP contribution is -2.68. The minimum Gasteiger partial charge on any atom is -0.394 e. The molecule has 24 nitrogen and oxygen atoms in total. The minimum atomic E-state index is -1.83. The molecule has 76 heavy (non-hydrogen) atoms. The maximum atomic E-state index is 14.2. The van der Waals surface area contributed by atoms with E-state index in [2.05, 4.69) is 20.9 Å². The molecular weight excluding hydrogens is 1020 g/mol. The number of hydrogen-bond acceptors (Lipinski definition) is 20. The average Bonchev–Trinajstić information content (AvgIpc) is 3.85. The first-order valence-electron chi connectivity index (χ1n) is 26.0. The first kappa shape index (κ1) is 58.1. The third-order valence-electron chi connectivity index (χ3n) is 15.4. The number of aliphatic hydroxyl groups excluding tert-OH is 8. The monoisotopic (exact) mass is 1090 g/mol. The van der Waals surface area contributed by atoms with E-state index < -0.39 is 165 Å². The highest BCUT2D eigenvalue weighted by molar-refractivity contribution is 5.81. The van der Waals surface area contributed by atoms with Gasteiger partial charge in [0.15, 0.2) is 36.3 Å². The van der Waals surface area contributed by atoms with Gasteiger partial charge in [-0.1, -0.05) is 37.3 Å². The van der Waals surface area contributed by atoms with Gasteiger partial charge in [-0.3, -0.25) is 14.4 Å². The molecule has 10 N–H and O–H groups in total. The van der Waals surface area contributed by atoms with Crippen molar-refractivity contribution < 1.29 is 102 Å². The zero-order chi connectivity index (χ0) is 54.7. The van der Waals surface area contributed by atoms with E-state index in [0.717, 1.165) is 49.4 Å². The second-order valence-corrected chi connectivity index (χ2v) is 20.9. The molecule has 20 atom stereocenters. The number of carbonyl (C=O) groups is 3. The van der Waals surface area contributed by atoms with Crippen molar-refractivity contribution in [2.75, 3.05) is 32.9 Å². The fourth-order valence-electron chi connectivity index (χ4n) is 11.2. The Morgan fingerprint density at radius 3 is 2.04 bits per heavy atom. The summed E-state index contributed by atoms with van der Waals surface area (Å²) < 4.78 is 87.0. The number of aliphatic hydroxyl groups is 8. The summed E-state index contributed by atoms with van der Waals surface area (Å²) in [6.45, 7) is 3.02. The Hall–Kier alpha value is -4.04. The van der Waals surface area contributed by atoms with Crippen LogP contribution in [0.15, 0.2) is 18.3 Å². The number of likely N-dealkylation sites (tertiary alicyclic amines) is 1. The zero-order valence-electron chi connectivity index (χ0n) is 42.3. The molecule has 2 aliphatic carbocycles. The van der Waals surface area contributed by atoms with Crippen molar-refractivity contribution >= 4 is 17.7 Å². The van der Waals surface area contributed by atoms with Gasteiger partial charge >= 0.3 is 0 Å². The quantitative estimate of drug-likeness (QED) is 0.0753. The van der Waals surface area contributed by atoms with Gasteiger partial charge in [-0.25, -0.2) is 17.9 Å². The molecule has 2 aromatic rings. The van der Waals surface area contributed by atoms with Crippen LogP contribution in [0.25, 0.3) is 11.3 Å². The molecule has 0 bridgehead atoms. The third-order valence-corrected chi connectivity index (χ3v) is 15.4. The van der Waals surface area contributed by atoms with Gasteiger partial charge in [-0.15, -0.1) is 5.10 Å². The van der Waals surface area contributed by atoms with Crippen LogP contribution in [0.3, 0.4) is 0 Å². The van der Waals surface area contributed by atoms with Gasteiger partial charge in [0, 0.05) is 32.5 Å². The number of hydrogen-bond donors (Lipinski definition) is 10. The summed E-state index contributed by atoms with van der Waals surface area (Å²) in [4.78, 5) is 41.8. The van der Waals surface area contributed by atoms with Crippen molar-refractivity contribution in [3.05, 3.63) is 35.8 Å². The fourth-order valence-corrected chi connectivity index (χ4v) is 11.2. The van der Waals surface area contributed by atoms with Crippen LogP contribution >= 0.6 is 0 Å². The predicted molar refractivity (Wildman–Crippen MR) is 251 cm³/mol. The summed E-state index contributed by atoms with van der Waals surface area (Å²) in [6.07, 6.45) is -17.0. The Morgan fingerprint density at radius 2 is 1.41 bits per heavy atom. The molecule has 426 valence electrons. The van der Waals surface area contributed by atoms with Crippen molar-refractivity contribution in [3.63, 3.8) is 0 Å². The summed E-state index contributed by atoms with van der Waals surface area (Å²) in [5.41, 5.74) is -0.380. The van der Waals surface area contributed by atoms with Gasteiger partial charge < -0.3 is 89.5 Å². The highest BCUT2D eigenvalue weighted by Crippen LogP contribution is 2.39. The number of ether oxygens (including phenoxy) is 7. The van der Waals surface area contributed by atoms with Crippen LogP contribution in [0, 0.1) is 29.3 Å². The number of halogens is 3. The second-order valence-electron chi connectivity index (χ2n) is 20.9. The van der Waals surface area contributed by atoms with Gasteiger partial charge in [0.25, 0.3) is 5.91 Å². The smallest absolute Gasteiger partial charge is 0.251 e. The molecule has 4 aliphatic heterocycles. The molecule has 4 saturated heterocycles. The van der Waals surface area contributed by atoms with Crippen LogP contribution < -0.4 is 10.6 Å². The first-order valence-corrected chi connectivity index (χ1v) is 26.0. The standard InChI is InChI=1S/C49H71F3N6O18/c1-21-38(63)42(67)43(68)49(71-21)76-44-29(53-22(2)61)12-25(20-70-48-41(66)37(39(64)33(18-59)75-48)58-17-30(55-56-58)26-15-27(50)35(52)28(51)16-26)14-31(44)73-47-36(54-23(3)62)45(40(65)34(19-60)74-47)72-32(46(69)57-10-7-11-57)13-24-8-5-4-6-9-24/h15-17,21,24-25,29,31-34,36-45,47-49,59-60,63-68H,4-14,18-20H2,1-3H3,(H,53,61)(H,54,62)/t21?,25?,29?,31-,32+,33?,34?,36?,37?,38-,39-,40+,41?,42?,43?,44?,45?,47-,48+,49+/m1/s1. The summed E-state index contributed by atoms with van der Waals surface area (Å²) in [5.74, 6) is -6.73. The molecule has 3 amide bonds. The van der Waals surface area contributed by atoms with Crippen LogP contribution in [-0.4, -0.2) is 222 Å². The molecule has 2 saturated carbocycles. The maximum Gasteiger partial charge on any atom is 0.251 e. The number of rotatable bonds is 18. The van der Waals surface area contributed by atoms with E-state index in [4.69, 9.17) is 33.2 Å². The normalized spacial score (nSPS) is 37.8. The first-order chi connectivity index (χ1) is 36.3. The lowest BCUT2D eigenvalue weighted by Gasteiger charge is -2.50. The molecular formula is C49H71F3N6O18. The summed E-state index contributed by atoms with van der Waals surface area (Å²) in [7, 11) is 0. The van der Waals surface area contributed by atoms with Crippen LogP contribution in [-0.2, 0) is 47.5 Å². The average molecular weight is 1090 g/mol. The zero-order valence-corrected chi connectivity index (χ0v) is 42.3. The van der Waals surface area contributed by atoms with Crippen LogP contribution in [0.1, 0.15) is 84.6 Å². The number of nitrogens with one attached hydrogen (secondary N) is 2. The topological polar surface area (TPSA) is 336 Å². The summed E-state index contributed by atoms with van der Waals surface area (Å²) in [6, 6.07) is -2.53. The fraction of sp³-hybridized carbons (Fsp3) is 0.776. The Kier molecular flexibility index (Phi) is 19.4. The lowest BCUT2D eigenvalue weighted by atomic mass is 9.81. The van der Waals surface area contributed by atoms with E-state index >= 15 is 0 Å². The third kappa shape index (κ3) is 13.0. The van der Waals surface area contributed by atoms with E-state index in [1.54, 1.807) is 4.90 Å². The Bertz CT molecular complexity index is 2260. The van der Waals surface area contributed by atoms with Crippen molar-refractivity contribution in [3.8, 4) is 11.3 Å². The molecule has 12 unspecified atom stereocenters. The molecule has 1 aromatic carbocycles. The molecule has 0 spiro atoms. The number of nitrogens with zero attached hydrogens (tertiary/aromatic N) is 4. The van der Waals surface area contributed by atoms with E-state index in [1.165, 1.54) is 20.8 Å². The van der Waals surface area contributed by atoms with Gasteiger partial charge in [0.05, 0.1) is 44.3 Å². The molecule has 27 heteroatoms. The second kappa shape index (κ2) is 25.4. The van der Waals surface area contributed by atoms with Crippen molar-refractivity contribution in [2.24, 2.45) is 11.8 Å². The molecule has 6 fully saturated rings. The SMILES string of the molecule is CC(=O)NC1CC(CO[C@H]2OC(CO)[C@@H](O)C(n3cc(-c4cc(F)c(F)c(F)c4)nn3)C2O)C[C@@H](O[C@@H]2OC(CO)[C@H](O)C(O[C@@H](CC3CCCCC3)C(=O)N3CCC3)C2NC(C)=O)C1O[C@@H]1OC(C)[C@@H](O)C(O)C1O. The Morgan fingerprint density at radius 1 is 0.750 bits per heavy atom. The molecule has 5 heterocycles. The number of amides is 3. The van der Waals surface area contributed by atoms with Gasteiger partial charge in [-0.2, -0.15) is 0 Å². The molecule has 1 aromatic heterocycles. The van der Waals surface area contributed by atoms with E-state index in [9.17, 15) is 68.4 Å². The van der Waals surface area contributed by atoms with Crippen molar-refractivity contribution in [1.82, 2.24) is 30.5 Å². The minimum absolute atomic E-state index is 0.00893. The molecule has 6 aliphatic rings. The van der Waals surface area contributed by atoms with Gasteiger partial charge in [0.1, 0.15) is 84.9 Å². The summed E-state index contributed by atoms with van der Waals surface area (Å²) in [5, 5.41) is 102. The predicted octanol–water partition coefficient (Wildman–Crippen LogP) is -1.59. The maximum absolute atomic E-state index is 14.2. The number of aromatic nitrogens is 3. The van der Waals surface area contributed by atoms with Crippen LogP contribution in [0.2, 0.25) is 0 Å². The highest BCUT2D eigenvalue weighted by Gasteiger charge is 2.54. The Labute approximate surface area is 435 Å². The van der Waals surface area contributed by atoms with Crippen LogP contribution in [0.4, 0.5) is 13.2 Å². The van der Waals surface area contributed by atoms with Crippen LogP contribution in [0.5, 0.6) is 0 Å². The van der Waals surface area contributed by atoms with Crippen molar-refractivity contribution in [1.29, 1.82) is 0 Å². The summed E-state index contributed by atoms with van der Waals surface area (Å²) >= 11 is 0. The van der Waals surface area contributed by atoms with E-state index in [1.807, 2.05) is 0 Å². The molecule has 0 radical (unpaired) electrons. The van der Waals surface area contributed by atoms with E-state index in [-0.39, 0.29) is 42.5 Å². The van der Waals surface area contributed by atoms with Gasteiger partial charge in [0.2, 0.25) is 11.8 Å².